The van der Waals surface area contributed by atoms with Gasteiger partial charge in [0.2, 0.25) is 5.28 Å². The fourth-order valence-electron chi connectivity index (χ4n) is 0.941. The molecule has 0 aliphatic heterocycles. The Hall–Kier alpha value is -0.870. The molecular formula is C6H2Cl2FN3. The second-order valence-corrected chi connectivity index (χ2v) is 2.84. The van der Waals surface area contributed by atoms with E-state index < -0.39 is 5.82 Å². The first-order valence-corrected chi connectivity index (χ1v) is 3.80. The quantitative estimate of drug-likeness (QED) is 0.661. The Morgan fingerprint density at radius 3 is 2.75 bits per heavy atom. The molecule has 62 valence electrons. The molecule has 0 fully saturated rings. The average molecular weight is 206 g/mol. The van der Waals surface area contributed by atoms with E-state index in [0.717, 1.165) is 0 Å². The van der Waals surface area contributed by atoms with Crippen LogP contribution in [0.3, 0.4) is 0 Å². The van der Waals surface area contributed by atoms with Crippen LogP contribution in [0.2, 0.25) is 10.4 Å². The lowest BCUT2D eigenvalue weighted by molar-refractivity contribution is 0.639. The summed E-state index contributed by atoms with van der Waals surface area (Å²) in [6.45, 7) is 0. The molecule has 0 aliphatic rings. The molecule has 2 aromatic rings. The number of fused-ring (bicyclic) bond motifs is 1. The van der Waals surface area contributed by atoms with Crippen LogP contribution in [0.15, 0.2) is 12.3 Å². The molecule has 3 nitrogen and oxygen atoms in total. The van der Waals surface area contributed by atoms with E-state index in [9.17, 15) is 4.39 Å². The first-order chi connectivity index (χ1) is 5.70. The van der Waals surface area contributed by atoms with E-state index in [1.54, 1.807) is 0 Å². The summed E-state index contributed by atoms with van der Waals surface area (Å²) in [4.78, 5) is 0. The molecule has 0 bridgehead atoms. The molecule has 2 heterocycles. The molecule has 0 spiro atoms. The minimum atomic E-state index is -0.461. The van der Waals surface area contributed by atoms with E-state index in [-0.39, 0.29) is 16.0 Å². The summed E-state index contributed by atoms with van der Waals surface area (Å²) in [5.41, 5.74) is 0.150. The van der Waals surface area contributed by atoms with Crippen molar-refractivity contribution in [2.24, 2.45) is 0 Å². The summed E-state index contributed by atoms with van der Waals surface area (Å²) in [5.74, 6) is -0.461. The molecule has 0 aromatic carbocycles. The van der Waals surface area contributed by atoms with Crippen LogP contribution < -0.4 is 0 Å². The zero-order valence-corrected chi connectivity index (χ0v) is 7.14. The predicted octanol–water partition coefficient (Wildman–Crippen LogP) is 2.18. The number of hydrogen-bond donors (Lipinski definition) is 0. The molecule has 0 atom stereocenters. The molecule has 0 unspecified atom stereocenters. The lowest BCUT2D eigenvalue weighted by Gasteiger charge is -1.96. The van der Waals surface area contributed by atoms with E-state index in [1.165, 1.54) is 16.7 Å². The molecule has 0 aliphatic carbocycles. The van der Waals surface area contributed by atoms with Crippen LogP contribution >= 0.6 is 23.2 Å². The van der Waals surface area contributed by atoms with Crippen molar-refractivity contribution in [1.29, 1.82) is 0 Å². The zero-order chi connectivity index (χ0) is 8.72. The summed E-state index contributed by atoms with van der Waals surface area (Å²) < 4.78 is 14.3. The molecular weight excluding hydrogens is 204 g/mol. The van der Waals surface area contributed by atoms with Crippen molar-refractivity contribution in [3.63, 3.8) is 0 Å². The molecule has 0 saturated heterocycles. The standard InChI is InChI=1S/C6H2Cl2FN3/c7-5-4-3(9)1-2-12(4)6(8)11-10-5/h1-2H. The van der Waals surface area contributed by atoms with Crippen molar-refractivity contribution in [3.05, 3.63) is 28.5 Å². The van der Waals surface area contributed by atoms with Gasteiger partial charge in [-0.15, -0.1) is 10.2 Å². The van der Waals surface area contributed by atoms with Gasteiger partial charge in [0.25, 0.3) is 0 Å². The number of hydrogen-bond acceptors (Lipinski definition) is 2. The van der Waals surface area contributed by atoms with Crippen molar-refractivity contribution < 1.29 is 4.39 Å². The van der Waals surface area contributed by atoms with Crippen LogP contribution in [0.5, 0.6) is 0 Å². The highest BCUT2D eigenvalue weighted by Crippen LogP contribution is 2.20. The van der Waals surface area contributed by atoms with E-state index in [0.29, 0.717) is 0 Å². The summed E-state index contributed by atoms with van der Waals surface area (Å²) >= 11 is 11.2. The Morgan fingerprint density at radius 1 is 1.33 bits per heavy atom. The minimum Gasteiger partial charge on any atom is -0.285 e. The Kier molecular flexibility index (Phi) is 1.66. The molecule has 2 aromatic heterocycles. The Labute approximate surface area is 76.7 Å². The maximum Gasteiger partial charge on any atom is 0.228 e. The van der Waals surface area contributed by atoms with Gasteiger partial charge in [-0.25, -0.2) is 4.39 Å². The molecule has 0 radical (unpaired) electrons. The van der Waals surface area contributed by atoms with Crippen LogP contribution in [0, 0.1) is 5.82 Å². The third-order valence-corrected chi connectivity index (χ3v) is 1.96. The summed E-state index contributed by atoms with van der Waals surface area (Å²) in [6, 6.07) is 1.25. The van der Waals surface area contributed by atoms with Crippen LogP contribution in [0.4, 0.5) is 4.39 Å². The maximum atomic E-state index is 13.0. The maximum absolute atomic E-state index is 13.0. The van der Waals surface area contributed by atoms with Crippen LogP contribution in [0.25, 0.3) is 5.52 Å². The summed E-state index contributed by atoms with van der Waals surface area (Å²) in [6.07, 6.45) is 1.44. The summed E-state index contributed by atoms with van der Waals surface area (Å²) in [5, 5.41) is 7.05. The van der Waals surface area contributed by atoms with Gasteiger partial charge in [-0.1, -0.05) is 11.6 Å². The zero-order valence-electron chi connectivity index (χ0n) is 5.63. The third-order valence-electron chi connectivity index (χ3n) is 1.45. The van der Waals surface area contributed by atoms with Crippen molar-refractivity contribution in [1.82, 2.24) is 14.6 Å². The lowest BCUT2D eigenvalue weighted by atomic mass is 10.5. The van der Waals surface area contributed by atoms with E-state index in [4.69, 9.17) is 23.2 Å². The largest absolute Gasteiger partial charge is 0.285 e. The predicted molar refractivity (Wildman–Crippen MR) is 43.0 cm³/mol. The highest BCUT2D eigenvalue weighted by molar-refractivity contribution is 6.33. The first-order valence-electron chi connectivity index (χ1n) is 3.04. The SMILES string of the molecule is Fc1ccn2c(Cl)nnc(Cl)c12. The first kappa shape index (κ1) is 7.76. The van der Waals surface area contributed by atoms with Crippen molar-refractivity contribution >= 4 is 28.7 Å². The van der Waals surface area contributed by atoms with Gasteiger partial charge >= 0.3 is 0 Å². The van der Waals surface area contributed by atoms with Crippen LogP contribution in [-0.4, -0.2) is 14.6 Å². The molecule has 0 N–H and O–H groups in total. The second kappa shape index (κ2) is 2.57. The fourth-order valence-corrected chi connectivity index (χ4v) is 1.34. The minimum absolute atomic E-state index is 0.00176. The number of nitrogens with zero attached hydrogens (tertiary/aromatic N) is 3. The smallest absolute Gasteiger partial charge is 0.228 e. The van der Waals surface area contributed by atoms with Gasteiger partial charge in [-0.2, -0.15) is 0 Å². The second-order valence-electron chi connectivity index (χ2n) is 2.14. The van der Waals surface area contributed by atoms with E-state index in [1.807, 2.05) is 0 Å². The monoisotopic (exact) mass is 205 g/mol. The van der Waals surface area contributed by atoms with Gasteiger partial charge in [0.05, 0.1) is 0 Å². The van der Waals surface area contributed by atoms with Gasteiger partial charge in [-0.3, -0.25) is 4.40 Å². The van der Waals surface area contributed by atoms with E-state index in [2.05, 4.69) is 10.2 Å². The number of aromatic nitrogens is 3. The highest BCUT2D eigenvalue weighted by atomic mass is 35.5. The van der Waals surface area contributed by atoms with E-state index >= 15 is 0 Å². The summed E-state index contributed by atoms with van der Waals surface area (Å²) in [7, 11) is 0. The van der Waals surface area contributed by atoms with Gasteiger partial charge in [0.15, 0.2) is 11.0 Å². The lowest BCUT2D eigenvalue weighted by Crippen LogP contribution is -1.93. The van der Waals surface area contributed by atoms with Crippen LogP contribution in [-0.2, 0) is 0 Å². The Bertz CT molecular complexity index is 440. The van der Waals surface area contributed by atoms with Crippen LogP contribution in [0.1, 0.15) is 0 Å². The van der Waals surface area contributed by atoms with Crippen molar-refractivity contribution in [2.75, 3.05) is 0 Å². The molecule has 2 rings (SSSR count). The Balaban J connectivity index is 2.98. The molecule has 6 heteroatoms. The van der Waals surface area contributed by atoms with Gasteiger partial charge in [0, 0.05) is 6.20 Å². The fraction of sp³-hybridized carbons (Fsp3) is 0. The topological polar surface area (TPSA) is 30.2 Å². The number of rotatable bonds is 0. The average Bonchev–Trinajstić information content (AvgIpc) is 2.42. The molecule has 12 heavy (non-hydrogen) atoms. The highest BCUT2D eigenvalue weighted by Gasteiger charge is 2.10. The normalized spacial score (nSPS) is 10.9. The van der Waals surface area contributed by atoms with Crippen molar-refractivity contribution in [3.8, 4) is 0 Å². The number of halogens is 3. The Morgan fingerprint density at radius 2 is 2.08 bits per heavy atom. The van der Waals surface area contributed by atoms with Crippen molar-refractivity contribution in [2.45, 2.75) is 0 Å². The third kappa shape index (κ3) is 0.956. The van der Waals surface area contributed by atoms with Gasteiger partial charge in [-0.05, 0) is 17.7 Å². The van der Waals surface area contributed by atoms with Gasteiger partial charge in [0.1, 0.15) is 5.52 Å². The molecule has 0 saturated carbocycles. The molecule has 0 amide bonds. The van der Waals surface area contributed by atoms with Gasteiger partial charge < -0.3 is 0 Å².